The number of hydrogen-bond donors (Lipinski definition) is 0. The quantitative estimate of drug-likeness (QED) is 0.779. The maximum Gasteiger partial charge on any atom is 0.241 e. The fourth-order valence-electron chi connectivity index (χ4n) is 5.00. The first kappa shape index (κ1) is 19.6. The van der Waals surface area contributed by atoms with Gasteiger partial charge in [0.15, 0.2) is 0 Å². The molecule has 3 atom stereocenters. The minimum absolute atomic E-state index is 0.0239. The number of carbonyl (C=O) groups is 1. The molecule has 2 bridgehead atoms. The normalized spacial score (nSPS) is 27.1. The van der Waals surface area contributed by atoms with Gasteiger partial charge < -0.3 is 4.90 Å². The third kappa shape index (κ3) is 3.96. The van der Waals surface area contributed by atoms with Gasteiger partial charge in [-0.3, -0.25) is 14.6 Å². The minimum atomic E-state index is -0.250. The van der Waals surface area contributed by atoms with Crippen molar-refractivity contribution in [2.75, 3.05) is 45.8 Å². The summed E-state index contributed by atoms with van der Waals surface area (Å²) in [5.41, 5.74) is 1.70. The second kappa shape index (κ2) is 8.40. The molecule has 1 aromatic heterocycles. The molecule has 1 amide bonds. The molecule has 4 aliphatic rings. The topological polar surface area (TPSA) is 52.6 Å². The third-order valence-corrected chi connectivity index (χ3v) is 6.77. The number of rotatable bonds is 3. The highest BCUT2D eigenvalue weighted by molar-refractivity contribution is 5.82. The van der Waals surface area contributed by atoms with Crippen molar-refractivity contribution in [3.8, 4) is 11.3 Å². The lowest BCUT2D eigenvalue weighted by molar-refractivity contribution is -0.139. The number of aromatic nitrogens is 2. The number of carbonyl (C=O) groups excluding carboxylic acids is 1. The van der Waals surface area contributed by atoms with E-state index in [1.54, 1.807) is 18.3 Å². The Morgan fingerprint density at radius 3 is 2.57 bits per heavy atom. The lowest BCUT2D eigenvalue weighted by Crippen LogP contribution is -2.58. The molecule has 0 spiro atoms. The molecule has 0 saturated carbocycles. The van der Waals surface area contributed by atoms with Crippen molar-refractivity contribution >= 4 is 5.91 Å². The summed E-state index contributed by atoms with van der Waals surface area (Å²) in [5, 5.41) is 0. The largest absolute Gasteiger partial charge is 0.341 e. The molecule has 4 aliphatic heterocycles. The molecule has 0 N–H and O–H groups in total. The van der Waals surface area contributed by atoms with Crippen molar-refractivity contribution in [1.29, 1.82) is 0 Å². The van der Waals surface area contributed by atoms with Crippen LogP contribution < -0.4 is 0 Å². The van der Waals surface area contributed by atoms with Crippen molar-refractivity contribution in [3.05, 3.63) is 48.2 Å². The Labute approximate surface area is 176 Å². The number of piperazine rings is 1. The van der Waals surface area contributed by atoms with Crippen LogP contribution in [0.15, 0.2) is 36.5 Å². The molecule has 5 heterocycles. The van der Waals surface area contributed by atoms with Crippen LogP contribution in [0.4, 0.5) is 4.39 Å². The van der Waals surface area contributed by atoms with E-state index in [-0.39, 0.29) is 17.8 Å². The van der Waals surface area contributed by atoms with Gasteiger partial charge in [0.25, 0.3) is 0 Å². The number of benzene rings is 1. The van der Waals surface area contributed by atoms with E-state index in [0.717, 1.165) is 82.2 Å². The summed E-state index contributed by atoms with van der Waals surface area (Å²) in [4.78, 5) is 29.3. The molecule has 158 valence electrons. The van der Waals surface area contributed by atoms with Crippen LogP contribution in [0, 0.1) is 5.82 Å². The SMILES string of the molecule is O=C(C1CN2CCCN1CC2)N1CCC(c2nccc(-c3ccc(F)cc3)n2)CC1. The third-order valence-electron chi connectivity index (χ3n) is 6.77. The fraction of sp³-hybridized carbons (Fsp3) is 0.522. The van der Waals surface area contributed by atoms with Gasteiger partial charge in [0, 0.05) is 56.9 Å². The lowest BCUT2D eigenvalue weighted by Gasteiger charge is -2.40. The molecular weight excluding hydrogens is 381 g/mol. The van der Waals surface area contributed by atoms with Crippen LogP contribution in [0.25, 0.3) is 11.3 Å². The van der Waals surface area contributed by atoms with Crippen LogP contribution in [-0.2, 0) is 4.79 Å². The van der Waals surface area contributed by atoms with Crippen molar-refractivity contribution in [3.63, 3.8) is 0 Å². The number of nitrogens with zero attached hydrogens (tertiary/aromatic N) is 5. The monoisotopic (exact) mass is 409 g/mol. The Morgan fingerprint density at radius 2 is 1.77 bits per heavy atom. The first-order valence-corrected chi connectivity index (χ1v) is 11.0. The van der Waals surface area contributed by atoms with Gasteiger partial charge in [-0.05, 0) is 56.1 Å². The number of likely N-dealkylation sites (tertiary alicyclic amines) is 1. The van der Waals surface area contributed by atoms with Crippen molar-refractivity contribution in [1.82, 2.24) is 24.7 Å². The average Bonchev–Trinajstić information content (AvgIpc) is 3.15. The summed E-state index contributed by atoms with van der Waals surface area (Å²) < 4.78 is 13.2. The number of halogens is 1. The van der Waals surface area contributed by atoms with E-state index in [1.807, 2.05) is 11.0 Å². The molecule has 4 saturated heterocycles. The second-order valence-electron chi connectivity index (χ2n) is 8.61. The highest BCUT2D eigenvalue weighted by Crippen LogP contribution is 2.28. The molecule has 3 unspecified atom stereocenters. The summed E-state index contributed by atoms with van der Waals surface area (Å²) in [6, 6.07) is 8.28. The Morgan fingerprint density at radius 1 is 0.967 bits per heavy atom. The predicted octanol–water partition coefficient (Wildman–Crippen LogP) is 2.38. The van der Waals surface area contributed by atoms with E-state index in [0.29, 0.717) is 5.91 Å². The van der Waals surface area contributed by atoms with Crippen LogP contribution in [0.5, 0.6) is 0 Å². The zero-order valence-corrected chi connectivity index (χ0v) is 17.2. The van der Waals surface area contributed by atoms with Crippen molar-refractivity contribution in [2.24, 2.45) is 0 Å². The number of hydrogen-bond acceptors (Lipinski definition) is 5. The number of fused-ring (bicyclic) bond motifs is 4. The first-order chi connectivity index (χ1) is 14.7. The molecule has 0 radical (unpaired) electrons. The van der Waals surface area contributed by atoms with Gasteiger partial charge in [-0.15, -0.1) is 0 Å². The molecule has 6 rings (SSSR count). The standard InChI is InChI=1S/C23H28FN5O/c24-19-4-2-17(3-5-19)20-6-9-25-22(26-20)18-7-12-29(13-8-18)23(30)21-16-27-10-1-11-28(21)15-14-27/h2-6,9,18,21H,1,7-8,10-16H2. The smallest absolute Gasteiger partial charge is 0.241 e. The van der Waals surface area contributed by atoms with E-state index in [4.69, 9.17) is 4.98 Å². The molecule has 0 aliphatic carbocycles. The van der Waals surface area contributed by atoms with Crippen LogP contribution in [0.2, 0.25) is 0 Å². The lowest BCUT2D eigenvalue weighted by atomic mass is 9.95. The maximum absolute atomic E-state index is 13.2. The van der Waals surface area contributed by atoms with Crippen molar-refractivity contribution < 1.29 is 9.18 Å². The number of piperidine rings is 1. The summed E-state index contributed by atoms with van der Waals surface area (Å²) in [7, 11) is 0. The van der Waals surface area contributed by atoms with Gasteiger partial charge in [0.05, 0.1) is 5.69 Å². The van der Waals surface area contributed by atoms with Gasteiger partial charge in [-0.25, -0.2) is 14.4 Å². The highest BCUT2D eigenvalue weighted by atomic mass is 19.1. The van der Waals surface area contributed by atoms with E-state index >= 15 is 0 Å². The summed E-state index contributed by atoms with van der Waals surface area (Å²) in [5.74, 6) is 1.12. The Bertz CT molecular complexity index is 893. The molecule has 2 aromatic rings. The average molecular weight is 410 g/mol. The number of amides is 1. The summed E-state index contributed by atoms with van der Waals surface area (Å²) >= 11 is 0. The molecular formula is C23H28FN5O. The van der Waals surface area contributed by atoms with Gasteiger partial charge in [-0.1, -0.05) is 0 Å². The van der Waals surface area contributed by atoms with Crippen LogP contribution in [-0.4, -0.2) is 82.4 Å². The Balaban J connectivity index is 1.23. The summed E-state index contributed by atoms with van der Waals surface area (Å²) in [6.45, 7) is 6.65. The first-order valence-electron chi connectivity index (χ1n) is 11.0. The van der Waals surface area contributed by atoms with Gasteiger partial charge >= 0.3 is 0 Å². The predicted molar refractivity (Wildman–Crippen MR) is 112 cm³/mol. The Kier molecular flexibility index (Phi) is 5.48. The van der Waals surface area contributed by atoms with Crippen LogP contribution >= 0.6 is 0 Å². The Hall–Kier alpha value is -2.38. The maximum atomic E-state index is 13.2. The molecule has 1 aromatic carbocycles. The van der Waals surface area contributed by atoms with Gasteiger partial charge in [0.1, 0.15) is 17.7 Å². The fourth-order valence-corrected chi connectivity index (χ4v) is 5.00. The van der Waals surface area contributed by atoms with Crippen LogP contribution in [0.1, 0.15) is 31.0 Å². The summed E-state index contributed by atoms with van der Waals surface area (Å²) in [6.07, 6.45) is 4.71. The van der Waals surface area contributed by atoms with Gasteiger partial charge in [0.2, 0.25) is 5.91 Å². The highest BCUT2D eigenvalue weighted by Gasteiger charge is 2.37. The molecule has 4 fully saturated rings. The zero-order chi connectivity index (χ0) is 20.5. The van der Waals surface area contributed by atoms with E-state index < -0.39 is 0 Å². The molecule has 6 nitrogen and oxygen atoms in total. The van der Waals surface area contributed by atoms with Gasteiger partial charge in [-0.2, -0.15) is 0 Å². The van der Waals surface area contributed by atoms with E-state index in [9.17, 15) is 9.18 Å². The van der Waals surface area contributed by atoms with Crippen molar-refractivity contribution in [2.45, 2.75) is 31.2 Å². The molecule has 30 heavy (non-hydrogen) atoms. The van der Waals surface area contributed by atoms with Crippen LogP contribution in [0.3, 0.4) is 0 Å². The molecule has 7 heteroatoms. The minimum Gasteiger partial charge on any atom is -0.341 e. The van der Waals surface area contributed by atoms with E-state index in [1.165, 1.54) is 12.1 Å². The zero-order valence-electron chi connectivity index (χ0n) is 17.2. The van der Waals surface area contributed by atoms with E-state index in [2.05, 4.69) is 14.8 Å². The second-order valence-corrected chi connectivity index (χ2v) is 8.61.